The largest absolute Gasteiger partial charge is 0.370 e. The Morgan fingerprint density at radius 1 is 1.20 bits per heavy atom. The lowest BCUT2D eigenvalue weighted by Crippen LogP contribution is -2.44. The molecule has 0 saturated carbocycles. The van der Waals surface area contributed by atoms with Gasteiger partial charge < -0.3 is 14.4 Å². The first kappa shape index (κ1) is 18.2. The maximum absolute atomic E-state index is 12.9. The van der Waals surface area contributed by atoms with Crippen LogP contribution >= 0.6 is 23.2 Å². The third kappa shape index (κ3) is 4.15. The van der Waals surface area contributed by atoms with E-state index in [2.05, 4.69) is 0 Å². The van der Waals surface area contributed by atoms with Gasteiger partial charge in [-0.15, -0.1) is 0 Å². The molecule has 6 heteroatoms. The number of carbonyl (C=O) groups excluding carboxylic acids is 1. The summed E-state index contributed by atoms with van der Waals surface area (Å²) < 4.78 is 11.3. The van der Waals surface area contributed by atoms with Crippen LogP contribution in [-0.4, -0.2) is 37.6 Å². The van der Waals surface area contributed by atoms with Gasteiger partial charge in [0.1, 0.15) is 6.10 Å². The van der Waals surface area contributed by atoms with Crippen LogP contribution in [0.5, 0.6) is 0 Å². The number of hydrogen-bond acceptors (Lipinski definition) is 3. The Labute approximate surface area is 157 Å². The molecule has 2 aromatic rings. The Morgan fingerprint density at radius 3 is 2.64 bits per heavy atom. The third-order valence-electron chi connectivity index (χ3n) is 4.26. The molecule has 1 aliphatic rings. The van der Waals surface area contributed by atoms with Crippen LogP contribution < -0.4 is 0 Å². The molecule has 3 rings (SSSR count). The number of halogens is 2. The van der Waals surface area contributed by atoms with E-state index >= 15 is 0 Å². The van der Waals surface area contributed by atoms with Crippen LogP contribution in [0.2, 0.25) is 10.0 Å². The molecule has 0 aromatic heterocycles. The average molecular weight is 380 g/mol. The fourth-order valence-electron chi connectivity index (χ4n) is 2.94. The van der Waals surface area contributed by atoms with E-state index in [1.54, 1.807) is 24.1 Å². The zero-order chi connectivity index (χ0) is 17.8. The summed E-state index contributed by atoms with van der Waals surface area (Å²) in [5, 5.41) is 0.975. The van der Waals surface area contributed by atoms with Gasteiger partial charge in [-0.2, -0.15) is 0 Å². The Balaban J connectivity index is 1.76. The Morgan fingerprint density at radius 2 is 1.96 bits per heavy atom. The molecule has 1 fully saturated rings. The first-order chi connectivity index (χ1) is 12.1. The molecule has 0 bridgehead atoms. The SMILES string of the molecule is CO[C@@H](C(=O)N1CCO[C@H](c2ccc(Cl)c(Cl)c2)C1)c1ccccc1. The van der Waals surface area contributed by atoms with E-state index in [9.17, 15) is 4.79 Å². The molecule has 0 spiro atoms. The van der Waals surface area contributed by atoms with Crippen molar-refractivity contribution in [1.29, 1.82) is 0 Å². The van der Waals surface area contributed by atoms with Gasteiger partial charge in [-0.05, 0) is 23.3 Å². The third-order valence-corrected chi connectivity index (χ3v) is 4.99. The lowest BCUT2D eigenvalue weighted by atomic mass is 10.1. The van der Waals surface area contributed by atoms with Crippen molar-refractivity contribution in [2.75, 3.05) is 26.8 Å². The summed E-state index contributed by atoms with van der Waals surface area (Å²) in [5.41, 5.74) is 1.74. The summed E-state index contributed by atoms with van der Waals surface area (Å²) in [5.74, 6) is -0.0675. The van der Waals surface area contributed by atoms with Gasteiger partial charge in [-0.3, -0.25) is 4.79 Å². The quantitative estimate of drug-likeness (QED) is 0.795. The molecule has 1 amide bonds. The van der Waals surface area contributed by atoms with Crippen LogP contribution in [0.1, 0.15) is 23.3 Å². The second-order valence-electron chi connectivity index (χ2n) is 5.84. The standard InChI is InChI=1S/C19H19Cl2NO3/c1-24-18(13-5-3-2-4-6-13)19(23)22-9-10-25-17(12-22)14-7-8-15(20)16(21)11-14/h2-8,11,17-18H,9-10,12H2,1H3/t17-,18+/m0/s1. The molecule has 0 N–H and O–H groups in total. The summed E-state index contributed by atoms with van der Waals surface area (Å²) in [6.07, 6.45) is -0.852. The first-order valence-electron chi connectivity index (χ1n) is 8.03. The summed E-state index contributed by atoms with van der Waals surface area (Å²) in [4.78, 5) is 14.7. The van der Waals surface area contributed by atoms with Crippen molar-refractivity contribution in [3.63, 3.8) is 0 Å². The number of rotatable bonds is 4. The van der Waals surface area contributed by atoms with Gasteiger partial charge in [0.05, 0.1) is 23.2 Å². The van der Waals surface area contributed by atoms with Gasteiger partial charge in [0.2, 0.25) is 0 Å². The molecule has 0 radical (unpaired) electrons. The molecule has 1 aliphatic heterocycles. The molecule has 0 aliphatic carbocycles. The Bertz CT molecular complexity index is 739. The van der Waals surface area contributed by atoms with Gasteiger partial charge in [0, 0.05) is 13.7 Å². The van der Waals surface area contributed by atoms with Crippen LogP contribution in [-0.2, 0) is 14.3 Å². The number of benzene rings is 2. The second-order valence-corrected chi connectivity index (χ2v) is 6.66. The molecule has 132 valence electrons. The average Bonchev–Trinajstić information content (AvgIpc) is 2.65. The van der Waals surface area contributed by atoms with E-state index in [0.29, 0.717) is 29.7 Å². The Hall–Kier alpha value is -1.59. The van der Waals surface area contributed by atoms with Crippen LogP contribution in [0.25, 0.3) is 0 Å². The molecule has 0 unspecified atom stereocenters. The smallest absolute Gasteiger partial charge is 0.256 e. The number of morpholine rings is 1. The maximum atomic E-state index is 12.9. The molecule has 1 saturated heterocycles. The van der Waals surface area contributed by atoms with Crippen molar-refractivity contribution in [1.82, 2.24) is 4.90 Å². The van der Waals surface area contributed by atoms with Gasteiger partial charge >= 0.3 is 0 Å². The first-order valence-corrected chi connectivity index (χ1v) is 8.79. The fraction of sp³-hybridized carbons (Fsp3) is 0.316. The van der Waals surface area contributed by atoms with Crippen molar-refractivity contribution < 1.29 is 14.3 Å². The lowest BCUT2D eigenvalue weighted by molar-refractivity contribution is -0.150. The van der Waals surface area contributed by atoms with Crippen molar-refractivity contribution in [2.45, 2.75) is 12.2 Å². The van der Waals surface area contributed by atoms with Crippen molar-refractivity contribution in [2.24, 2.45) is 0 Å². The molecular weight excluding hydrogens is 361 g/mol. The van der Waals surface area contributed by atoms with E-state index in [-0.39, 0.29) is 12.0 Å². The van der Waals surface area contributed by atoms with Gasteiger partial charge in [0.25, 0.3) is 5.91 Å². The van der Waals surface area contributed by atoms with Crippen molar-refractivity contribution in [3.05, 3.63) is 69.7 Å². The highest BCUT2D eigenvalue weighted by atomic mass is 35.5. The second kappa shape index (κ2) is 8.19. The number of amides is 1. The topological polar surface area (TPSA) is 38.8 Å². The van der Waals surface area contributed by atoms with Crippen LogP contribution in [0.3, 0.4) is 0 Å². The van der Waals surface area contributed by atoms with E-state index in [4.69, 9.17) is 32.7 Å². The van der Waals surface area contributed by atoms with Gasteiger partial charge in [-0.1, -0.05) is 59.6 Å². The number of carbonyl (C=O) groups is 1. The van der Waals surface area contributed by atoms with E-state index in [1.807, 2.05) is 36.4 Å². The van der Waals surface area contributed by atoms with E-state index in [1.165, 1.54) is 0 Å². The number of ether oxygens (including phenoxy) is 2. The highest BCUT2D eigenvalue weighted by molar-refractivity contribution is 6.42. The van der Waals surface area contributed by atoms with Crippen molar-refractivity contribution in [3.8, 4) is 0 Å². The molecular formula is C19H19Cl2NO3. The zero-order valence-corrected chi connectivity index (χ0v) is 15.3. The molecule has 1 heterocycles. The molecule has 25 heavy (non-hydrogen) atoms. The lowest BCUT2D eigenvalue weighted by Gasteiger charge is -2.35. The molecule has 2 atom stereocenters. The minimum Gasteiger partial charge on any atom is -0.370 e. The van der Waals surface area contributed by atoms with E-state index in [0.717, 1.165) is 11.1 Å². The van der Waals surface area contributed by atoms with Crippen molar-refractivity contribution >= 4 is 29.1 Å². The molecule has 2 aromatic carbocycles. The highest BCUT2D eigenvalue weighted by Crippen LogP contribution is 2.30. The summed E-state index contributed by atoms with van der Waals surface area (Å²) in [7, 11) is 1.55. The number of hydrogen-bond donors (Lipinski definition) is 0. The number of methoxy groups -OCH3 is 1. The monoisotopic (exact) mass is 379 g/mol. The van der Waals surface area contributed by atoms with Crippen LogP contribution in [0.15, 0.2) is 48.5 Å². The fourth-order valence-corrected chi connectivity index (χ4v) is 3.24. The molecule has 4 nitrogen and oxygen atoms in total. The minimum absolute atomic E-state index is 0.0675. The predicted octanol–water partition coefficient (Wildman–Crippen LogP) is 4.28. The summed E-state index contributed by atoms with van der Waals surface area (Å²) in [6, 6.07) is 14.9. The normalized spacial score (nSPS) is 18.8. The van der Waals surface area contributed by atoms with Crippen LogP contribution in [0, 0.1) is 0 Å². The van der Waals surface area contributed by atoms with Gasteiger partial charge in [-0.25, -0.2) is 0 Å². The predicted molar refractivity (Wildman–Crippen MR) is 97.9 cm³/mol. The summed E-state index contributed by atoms with van der Waals surface area (Å²) in [6.45, 7) is 1.44. The highest BCUT2D eigenvalue weighted by Gasteiger charge is 2.31. The number of nitrogens with zero attached hydrogens (tertiary/aromatic N) is 1. The minimum atomic E-state index is -0.617. The van der Waals surface area contributed by atoms with Crippen LogP contribution in [0.4, 0.5) is 0 Å². The summed E-state index contributed by atoms with van der Waals surface area (Å²) >= 11 is 12.1. The van der Waals surface area contributed by atoms with E-state index < -0.39 is 6.10 Å². The zero-order valence-electron chi connectivity index (χ0n) is 13.8. The Kier molecular flexibility index (Phi) is 5.97. The van der Waals surface area contributed by atoms with Gasteiger partial charge in [0.15, 0.2) is 6.10 Å². The maximum Gasteiger partial charge on any atom is 0.256 e.